The minimum absolute atomic E-state index is 0.0146. The number of fused-ring (bicyclic) bond motifs is 1. The average molecular weight is 567 g/mol. The number of carbonyl (C=O) groups excluding carboxylic acids is 1. The first-order valence-electron chi connectivity index (χ1n) is 12.9. The van der Waals surface area contributed by atoms with Crippen molar-refractivity contribution in [1.82, 2.24) is 0 Å². The molecule has 0 saturated carbocycles. The van der Waals surface area contributed by atoms with Crippen LogP contribution in [0.4, 0.5) is 0 Å². The van der Waals surface area contributed by atoms with E-state index >= 15 is 0 Å². The van der Waals surface area contributed by atoms with Gasteiger partial charge in [-0.2, -0.15) is 5.26 Å². The third kappa shape index (κ3) is 6.29. The van der Waals surface area contributed by atoms with E-state index in [1.165, 1.54) is 0 Å². The number of esters is 1. The number of halogens is 1. The molecule has 8 heteroatoms. The molecule has 4 aromatic rings. The first-order valence-corrected chi connectivity index (χ1v) is 13.3. The summed E-state index contributed by atoms with van der Waals surface area (Å²) in [6.45, 7) is 4.01. The topological polar surface area (TPSA) is 104 Å². The maximum Gasteiger partial charge on any atom is 0.349 e. The number of allylic oxidation sites excluding steroid dienone is 1. The normalized spacial score (nSPS) is 14.0. The summed E-state index contributed by atoms with van der Waals surface area (Å²) >= 11 is 5.98. The number of aryl methyl sites for hydroxylation is 1. The maximum atomic E-state index is 12.5. The number of nitriles is 1. The van der Waals surface area contributed by atoms with Gasteiger partial charge in [0.1, 0.15) is 41.2 Å². The molecule has 2 N–H and O–H groups in total. The van der Waals surface area contributed by atoms with Gasteiger partial charge in [-0.1, -0.05) is 54.1 Å². The molecule has 0 aromatic heterocycles. The second kappa shape index (κ2) is 12.1. The van der Waals surface area contributed by atoms with Crippen LogP contribution < -0.4 is 24.7 Å². The lowest BCUT2D eigenvalue weighted by Crippen LogP contribution is -2.22. The summed E-state index contributed by atoms with van der Waals surface area (Å²) in [5.41, 5.74) is 11.0. The third-order valence-electron chi connectivity index (χ3n) is 6.83. The van der Waals surface area contributed by atoms with E-state index in [0.29, 0.717) is 34.4 Å². The van der Waals surface area contributed by atoms with Gasteiger partial charge >= 0.3 is 5.97 Å². The van der Waals surface area contributed by atoms with Crippen LogP contribution in [0.1, 0.15) is 33.7 Å². The number of benzene rings is 4. The fraction of sp³-hybridized carbons (Fsp3) is 0.152. The highest BCUT2D eigenvalue weighted by molar-refractivity contribution is 6.30. The molecule has 0 fully saturated rings. The Balaban J connectivity index is 1.33. The molecule has 7 nitrogen and oxygen atoms in total. The van der Waals surface area contributed by atoms with Crippen molar-refractivity contribution in [1.29, 1.82) is 5.26 Å². The Labute approximate surface area is 243 Å². The third-order valence-corrected chi connectivity index (χ3v) is 7.08. The van der Waals surface area contributed by atoms with Gasteiger partial charge in [0.15, 0.2) is 6.61 Å². The molecular formula is C33H27ClN2O5. The minimum atomic E-state index is -0.565. The molecule has 0 saturated heterocycles. The van der Waals surface area contributed by atoms with Gasteiger partial charge in [-0.05, 0) is 72.5 Å². The number of nitrogens with zero attached hydrogens (tertiary/aromatic N) is 1. The maximum absolute atomic E-state index is 12.5. The second-order valence-corrected chi connectivity index (χ2v) is 10.0. The highest BCUT2D eigenvalue weighted by atomic mass is 35.5. The van der Waals surface area contributed by atoms with E-state index in [2.05, 4.69) is 6.07 Å². The van der Waals surface area contributed by atoms with Crippen LogP contribution in [-0.4, -0.2) is 12.6 Å². The van der Waals surface area contributed by atoms with Crippen molar-refractivity contribution >= 4 is 17.6 Å². The first kappa shape index (κ1) is 27.6. The lowest BCUT2D eigenvalue weighted by molar-refractivity contribution is -0.136. The zero-order chi connectivity index (χ0) is 28.9. The fourth-order valence-corrected chi connectivity index (χ4v) is 4.68. The van der Waals surface area contributed by atoms with Gasteiger partial charge in [-0.15, -0.1) is 0 Å². The number of rotatable bonds is 8. The summed E-state index contributed by atoms with van der Waals surface area (Å²) in [6.07, 6.45) is 0. The molecule has 206 valence electrons. The SMILES string of the molecule is Cc1cccc(OCC(=O)Oc2ccc3c(c2)OC(N)=C(C#N)C3c2cccc(OCc3ccc(Cl)cc3)c2)c1C. The van der Waals surface area contributed by atoms with Crippen molar-refractivity contribution in [3.05, 3.63) is 129 Å². The van der Waals surface area contributed by atoms with Crippen LogP contribution >= 0.6 is 11.6 Å². The zero-order valence-corrected chi connectivity index (χ0v) is 23.3. The van der Waals surface area contributed by atoms with Crippen LogP contribution in [0.5, 0.6) is 23.0 Å². The van der Waals surface area contributed by atoms with Crippen molar-refractivity contribution in [2.24, 2.45) is 5.73 Å². The summed E-state index contributed by atoms with van der Waals surface area (Å²) in [5, 5.41) is 10.6. The second-order valence-electron chi connectivity index (χ2n) is 9.57. The van der Waals surface area contributed by atoms with E-state index in [9.17, 15) is 10.1 Å². The highest BCUT2D eigenvalue weighted by Gasteiger charge is 2.31. The van der Waals surface area contributed by atoms with Crippen molar-refractivity contribution < 1.29 is 23.7 Å². The van der Waals surface area contributed by atoms with Gasteiger partial charge < -0.3 is 24.7 Å². The van der Waals surface area contributed by atoms with E-state index in [-0.39, 0.29) is 23.8 Å². The Morgan fingerprint density at radius 2 is 1.76 bits per heavy atom. The smallest absolute Gasteiger partial charge is 0.349 e. The molecule has 1 unspecified atom stereocenters. The molecule has 1 heterocycles. The average Bonchev–Trinajstić information content (AvgIpc) is 2.97. The predicted molar refractivity (Wildman–Crippen MR) is 155 cm³/mol. The molecule has 0 bridgehead atoms. The van der Waals surface area contributed by atoms with E-state index in [1.54, 1.807) is 18.2 Å². The number of carbonyl (C=O) groups is 1. The van der Waals surface area contributed by atoms with E-state index in [1.807, 2.05) is 80.6 Å². The van der Waals surface area contributed by atoms with Crippen LogP contribution in [0.25, 0.3) is 0 Å². The van der Waals surface area contributed by atoms with Crippen LogP contribution in [0.15, 0.2) is 96.4 Å². The van der Waals surface area contributed by atoms with Crippen LogP contribution in [-0.2, 0) is 11.4 Å². The van der Waals surface area contributed by atoms with Crippen molar-refractivity contribution in [3.8, 4) is 29.1 Å². The van der Waals surface area contributed by atoms with E-state index in [4.69, 9.17) is 36.3 Å². The molecule has 1 aliphatic heterocycles. The van der Waals surface area contributed by atoms with Gasteiger partial charge in [-0.3, -0.25) is 0 Å². The van der Waals surface area contributed by atoms with Gasteiger partial charge in [-0.25, -0.2) is 4.79 Å². The molecule has 0 radical (unpaired) electrons. The fourth-order valence-electron chi connectivity index (χ4n) is 4.55. The molecule has 1 aliphatic rings. The standard InChI is InChI=1S/C33H27ClN2O5/c1-20-5-3-8-29(21(20)2)39-19-31(37)40-26-13-14-27-30(16-26)41-33(36)28(17-35)32(27)23-6-4-7-25(15-23)38-18-22-9-11-24(34)12-10-22/h3-16,32H,18-19,36H2,1-2H3. The lowest BCUT2D eigenvalue weighted by Gasteiger charge is -2.27. The molecule has 0 spiro atoms. The molecule has 4 aromatic carbocycles. The number of nitrogens with two attached hydrogens (primary N) is 1. The molecular weight excluding hydrogens is 540 g/mol. The molecule has 0 aliphatic carbocycles. The van der Waals surface area contributed by atoms with Crippen molar-refractivity contribution in [2.45, 2.75) is 26.4 Å². The summed E-state index contributed by atoms with van der Waals surface area (Å²) < 4.78 is 23.0. The van der Waals surface area contributed by atoms with Gasteiger partial charge in [0, 0.05) is 16.7 Å². The summed E-state index contributed by atoms with van der Waals surface area (Å²) in [5.74, 6) is 0.838. The Kier molecular flexibility index (Phi) is 8.14. The zero-order valence-electron chi connectivity index (χ0n) is 22.5. The van der Waals surface area contributed by atoms with E-state index in [0.717, 1.165) is 22.3 Å². The predicted octanol–water partition coefficient (Wildman–Crippen LogP) is 6.74. The quantitative estimate of drug-likeness (QED) is 0.186. The van der Waals surface area contributed by atoms with Gasteiger partial charge in [0.2, 0.25) is 5.88 Å². The van der Waals surface area contributed by atoms with Gasteiger partial charge in [0.05, 0.1) is 5.92 Å². The number of ether oxygens (including phenoxy) is 4. The van der Waals surface area contributed by atoms with Crippen LogP contribution in [0.2, 0.25) is 5.02 Å². The molecule has 0 amide bonds. The van der Waals surface area contributed by atoms with E-state index < -0.39 is 11.9 Å². The van der Waals surface area contributed by atoms with Crippen molar-refractivity contribution in [2.75, 3.05) is 6.61 Å². The number of hydrogen-bond acceptors (Lipinski definition) is 7. The largest absolute Gasteiger partial charge is 0.489 e. The van der Waals surface area contributed by atoms with Gasteiger partial charge in [0.25, 0.3) is 0 Å². The summed E-state index contributed by atoms with van der Waals surface area (Å²) in [6, 6.07) is 27.8. The molecule has 41 heavy (non-hydrogen) atoms. The Hall–Kier alpha value is -4.93. The minimum Gasteiger partial charge on any atom is -0.489 e. The Bertz CT molecular complexity index is 1670. The first-order chi connectivity index (χ1) is 19.8. The molecule has 5 rings (SSSR count). The molecule has 1 atom stereocenters. The summed E-state index contributed by atoms with van der Waals surface area (Å²) in [4.78, 5) is 12.5. The Morgan fingerprint density at radius 3 is 2.54 bits per heavy atom. The lowest BCUT2D eigenvalue weighted by atomic mass is 9.83. The summed E-state index contributed by atoms with van der Waals surface area (Å²) in [7, 11) is 0. The van der Waals surface area contributed by atoms with Crippen LogP contribution in [0.3, 0.4) is 0 Å². The highest BCUT2D eigenvalue weighted by Crippen LogP contribution is 2.44. The Morgan fingerprint density at radius 1 is 0.976 bits per heavy atom. The number of hydrogen-bond donors (Lipinski definition) is 1. The monoisotopic (exact) mass is 566 g/mol. The van der Waals surface area contributed by atoms with Crippen molar-refractivity contribution in [3.63, 3.8) is 0 Å². The van der Waals surface area contributed by atoms with Crippen LogP contribution in [0, 0.1) is 25.2 Å².